The summed E-state index contributed by atoms with van der Waals surface area (Å²) in [6.07, 6.45) is 3.82. The number of urea groups is 1. The number of carboxylic acids is 1. The fraction of sp³-hybridized carbons (Fsp3) is 0.579. The molecule has 3 rings (SSSR count). The molecule has 0 aromatic heterocycles. The van der Waals surface area contributed by atoms with E-state index in [1.165, 1.54) is 5.56 Å². The lowest BCUT2D eigenvalue weighted by atomic mass is 9.82. The van der Waals surface area contributed by atoms with Crippen molar-refractivity contribution >= 4 is 12.0 Å². The van der Waals surface area contributed by atoms with Crippen molar-refractivity contribution in [1.82, 2.24) is 15.1 Å². The van der Waals surface area contributed by atoms with Gasteiger partial charge in [0.1, 0.15) is 5.54 Å². The minimum Gasteiger partial charge on any atom is -0.480 e. The zero-order valence-corrected chi connectivity index (χ0v) is 14.6. The quantitative estimate of drug-likeness (QED) is 0.878. The number of benzene rings is 1. The van der Waals surface area contributed by atoms with Crippen LogP contribution in [-0.4, -0.2) is 58.6 Å². The van der Waals surface area contributed by atoms with Crippen LogP contribution < -0.4 is 5.32 Å². The molecule has 6 heteroatoms. The van der Waals surface area contributed by atoms with Gasteiger partial charge in [0.05, 0.1) is 0 Å². The third kappa shape index (κ3) is 4.31. The summed E-state index contributed by atoms with van der Waals surface area (Å²) in [7, 11) is 0. The molecule has 1 aliphatic carbocycles. The molecule has 2 fully saturated rings. The van der Waals surface area contributed by atoms with E-state index in [0.29, 0.717) is 25.9 Å². The summed E-state index contributed by atoms with van der Waals surface area (Å²) in [6.45, 7) is 3.77. The van der Waals surface area contributed by atoms with Gasteiger partial charge in [0.2, 0.25) is 0 Å². The topological polar surface area (TPSA) is 72.9 Å². The maximum atomic E-state index is 12.6. The molecule has 1 aliphatic heterocycles. The second-order valence-corrected chi connectivity index (χ2v) is 7.13. The van der Waals surface area contributed by atoms with E-state index in [1.807, 2.05) is 18.2 Å². The number of aliphatic carboxylic acids is 1. The molecule has 2 amide bonds. The normalized spacial score (nSPS) is 20.9. The Bertz CT molecular complexity index is 591. The second-order valence-electron chi connectivity index (χ2n) is 7.13. The average molecular weight is 345 g/mol. The zero-order chi connectivity index (χ0) is 17.7. The Morgan fingerprint density at radius 1 is 1.00 bits per heavy atom. The van der Waals surface area contributed by atoms with Gasteiger partial charge < -0.3 is 15.3 Å². The molecule has 1 aromatic carbocycles. The number of piperazine rings is 1. The minimum atomic E-state index is -1.07. The van der Waals surface area contributed by atoms with Crippen molar-refractivity contribution in [2.45, 2.75) is 44.2 Å². The van der Waals surface area contributed by atoms with Crippen LogP contribution in [0.15, 0.2) is 30.3 Å². The largest absolute Gasteiger partial charge is 0.480 e. The van der Waals surface area contributed by atoms with Crippen molar-refractivity contribution < 1.29 is 14.7 Å². The van der Waals surface area contributed by atoms with E-state index in [2.05, 4.69) is 22.3 Å². The second kappa shape index (κ2) is 7.87. The van der Waals surface area contributed by atoms with E-state index in [1.54, 1.807) is 4.90 Å². The highest BCUT2D eigenvalue weighted by Crippen LogP contribution is 2.28. The standard InChI is InChI=1S/C19H27N3O3/c23-17(24)19(9-5-2-6-10-19)20-18(25)22-13-11-21(12-14-22)15-16-7-3-1-4-8-16/h1,3-4,7-8H,2,5-6,9-15H2,(H,20,25)(H,23,24). The monoisotopic (exact) mass is 345 g/mol. The first-order valence-corrected chi connectivity index (χ1v) is 9.16. The Hall–Kier alpha value is -2.08. The van der Waals surface area contributed by atoms with Crippen LogP contribution in [0.2, 0.25) is 0 Å². The summed E-state index contributed by atoms with van der Waals surface area (Å²) < 4.78 is 0. The molecule has 25 heavy (non-hydrogen) atoms. The van der Waals surface area contributed by atoms with Crippen LogP contribution >= 0.6 is 0 Å². The van der Waals surface area contributed by atoms with Crippen molar-refractivity contribution in [3.63, 3.8) is 0 Å². The van der Waals surface area contributed by atoms with E-state index in [0.717, 1.165) is 38.9 Å². The summed E-state index contributed by atoms with van der Waals surface area (Å²) >= 11 is 0. The molecule has 1 saturated heterocycles. The molecule has 2 aliphatic rings. The van der Waals surface area contributed by atoms with Gasteiger partial charge in [-0.3, -0.25) is 4.90 Å². The number of hydrogen-bond donors (Lipinski definition) is 2. The van der Waals surface area contributed by atoms with Crippen molar-refractivity contribution in [3.05, 3.63) is 35.9 Å². The van der Waals surface area contributed by atoms with Gasteiger partial charge in [-0.15, -0.1) is 0 Å². The number of rotatable bonds is 4. The molecule has 0 spiro atoms. The minimum absolute atomic E-state index is 0.233. The highest BCUT2D eigenvalue weighted by atomic mass is 16.4. The Kier molecular flexibility index (Phi) is 5.58. The van der Waals surface area contributed by atoms with E-state index < -0.39 is 11.5 Å². The van der Waals surface area contributed by atoms with Crippen LogP contribution in [0.1, 0.15) is 37.7 Å². The molecule has 1 aromatic rings. The molecule has 136 valence electrons. The SMILES string of the molecule is O=C(NC1(C(=O)O)CCCCC1)N1CCN(Cc2ccccc2)CC1. The van der Waals surface area contributed by atoms with Crippen molar-refractivity contribution in [2.24, 2.45) is 0 Å². The first kappa shape index (κ1) is 17.7. The van der Waals surface area contributed by atoms with E-state index in [-0.39, 0.29) is 6.03 Å². The lowest BCUT2D eigenvalue weighted by Gasteiger charge is -2.39. The third-order valence-electron chi connectivity index (χ3n) is 5.37. The smallest absolute Gasteiger partial charge is 0.329 e. The van der Waals surface area contributed by atoms with Crippen LogP contribution in [0.3, 0.4) is 0 Å². The van der Waals surface area contributed by atoms with Crippen LogP contribution in [-0.2, 0) is 11.3 Å². The molecule has 0 unspecified atom stereocenters. The third-order valence-corrected chi connectivity index (χ3v) is 5.37. The number of carbonyl (C=O) groups excluding carboxylic acids is 1. The van der Waals surface area contributed by atoms with E-state index in [4.69, 9.17) is 0 Å². The van der Waals surface area contributed by atoms with Crippen LogP contribution in [0.4, 0.5) is 4.79 Å². The summed E-state index contributed by atoms with van der Waals surface area (Å²) in [5.74, 6) is -0.900. The number of hydrogen-bond acceptors (Lipinski definition) is 3. The number of amides is 2. The lowest BCUT2D eigenvalue weighted by Crippen LogP contribution is -2.61. The Labute approximate surface area is 148 Å². The average Bonchev–Trinajstić information content (AvgIpc) is 2.64. The molecule has 0 bridgehead atoms. The van der Waals surface area contributed by atoms with Crippen molar-refractivity contribution in [2.75, 3.05) is 26.2 Å². The van der Waals surface area contributed by atoms with Gasteiger partial charge in [0.15, 0.2) is 0 Å². The number of carboxylic acid groups (broad SMARTS) is 1. The van der Waals surface area contributed by atoms with Gasteiger partial charge >= 0.3 is 12.0 Å². The highest BCUT2D eigenvalue weighted by Gasteiger charge is 2.42. The molecule has 6 nitrogen and oxygen atoms in total. The molecular weight excluding hydrogens is 318 g/mol. The molecule has 1 saturated carbocycles. The maximum Gasteiger partial charge on any atom is 0.329 e. The van der Waals surface area contributed by atoms with Gasteiger partial charge in [0.25, 0.3) is 0 Å². The van der Waals surface area contributed by atoms with Gasteiger partial charge in [-0.2, -0.15) is 0 Å². The number of nitrogens with zero attached hydrogens (tertiary/aromatic N) is 2. The molecule has 0 atom stereocenters. The first-order valence-electron chi connectivity index (χ1n) is 9.16. The summed E-state index contributed by atoms with van der Waals surface area (Å²) in [6, 6.07) is 10.1. The van der Waals surface area contributed by atoms with E-state index in [9.17, 15) is 14.7 Å². The molecular formula is C19H27N3O3. The van der Waals surface area contributed by atoms with Crippen LogP contribution in [0.25, 0.3) is 0 Å². The van der Waals surface area contributed by atoms with Crippen LogP contribution in [0, 0.1) is 0 Å². The summed E-state index contributed by atoms with van der Waals surface area (Å²) in [4.78, 5) is 28.4. The Morgan fingerprint density at radius 3 is 2.24 bits per heavy atom. The van der Waals surface area contributed by atoms with Gasteiger partial charge in [-0.05, 0) is 18.4 Å². The molecule has 1 heterocycles. The van der Waals surface area contributed by atoms with Gasteiger partial charge in [-0.1, -0.05) is 49.6 Å². The lowest BCUT2D eigenvalue weighted by molar-refractivity contribution is -0.146. The van der Waals surface area contributed by atoms with Gasteiger partial charge in [-0.25, -0.2) is 9.59 Å². The number of carbonyl (C=O) groups is 2. The fourth-order valence-corrected chi connectivity index (χ4v) is 3.78. The highest BCUT2D eigenvalue weighted by molar-refractivity contribution is 5.86. The predicted octanol–water partition coefficient (Wildman–Crippen LogP) is 2.30. The number of nitrogens with one attached hydrogen (secondary N) is 1. The summed E-state index contributed by atoms with van der Waals surface area (Å²) in [5.41, 5.74) is 0.198. The van der Waals surface area contributed by atoms with Crippen molar-refractivity contribution in [3.8, 4) is 0 Å². The van der Waals surface area contributed by atoms with Crippen molar-refractivity contribution in [1.29, 1.82) is 0 Å². The summed E-state index contributed by atoms with van der Waals surface area (Å²) in [5, 5.41) is 12.4. The fourth-order valence-electron chi connectivity index (χ4n) is 3.78. The Balaban J connectivity index is 1.52. The van der Waals surface area contributed by atoms with E-state index >= 15 is 0 Å². The van der Waals surface area contributed by atoms with Crippen LogP contribution in [0.5, 0.6) is 0 Å². The molecule has 2 N–H and O–H groups in total. The Morgan fingerprint density at radius 2 is 1.64 bits per heavy atom. The zero-order valence-electron chi connectivity index (χ0n) is 14.6. The first-order chi connectivity index (χ1) is 12.1. The van der Waals surface area contributed by atoms with Gasteiger partial charge in [0, 0.05) is 32.7 Å². The predicted molar refractivity (Wildman–Crippen MR) is 95.3 cm³/mol. The maximum absolute atomic E-state index is 12.6. The molecule has 0 radical (unpaired) electrons.